The van der Waals surface area contributed by atoms with E-state index in [1.807, 2.05) is 0 Å². The van der Waals surface area contributed by atoms with Crippen molar-refractivity contribution >= 4 is 0 Å². The van der Waals surface area contributed by atoms with Gasteiger partial charge < -0.3 is 9.84 Å². The third kappa shape index (κ3) is 2.25. The van der Waals surface area contributed by atoms with Crippen LogP contribution >= 0.6 is 0 Å². The number of aliphatic hydroxyl groups is 1. The number of hydrogen-bond acceptors (Lipinski definition) is 4. The van der Waals surface area contributed by atoms with E-state index in [1.54, 1.807) is 13.2 Å². The molecule has 0 fully saturated rings. The zero-order chi connectivity index (χ0) is 8.10. The van der Waals surface area contributed by atoms with Gasteiger partial charge in [0.15, 0.2) is 0 Å². The van der Waals surface area contributed by atoms with Gasteiger partial charge in [0.1, 0.15) is 6.33 Å². The zero-order valence-corrected chi connectivity index (χ0v) is 6.32. The Balaban J connectivity index is 2.74. The van der Waals surface area contributed by atoms with Crippen molar-refractivity contribution in [1.29, 1.82) is 0 Å². The monoisotopic (exact) mass is 154 g/mol. The summed E-state index contributed by atoms with van der Waals surface area (Å²) in [6.07, 6.45) is 1.42. The van der Waals surface area contributed by atoms with E-state index in [9.17, 15) is 0 Å². The number of hydrogen-bond donors (Lipinski definition) is 1. The van der Waals surface area contributed by atoms with Gasteiger partial charge in [-0.25, -0.2) is 9.97 Å². The third-order valence-electron chi connectivity index (χ3n) is 1.23. The van der Waals surface area contributed by atoms with Gasteiger partial charge >= 0.3 is 0 Å². The molecular formula is C7H10N2O2. The second-order valence-corrected chi connectivity index (χ2v) is 2.09. The highest BCUT2D eigenvalue weighted by atomic mass is 16.5. The molecule has 0 aliphatic carbocycles. The molecule has 60 valence electrons. The summed E-state index contributed by atoms with van der Waals surface area (Å²) in [5.74, 6) is 0. The summed E-state index contributed by atoms with van der Waals surface area (Å²) in [4.78, 5) is 7.75. The summed E-state index contributed by atoms with van der Waals surface area (Å²) in [6.45, 7) is 0.398. The Kier molecular flexibility index (Phi) is 2.95. The first-order chi connectivity index (χ1) is 5.36. The van der Waals surface area contributed by atoms with Crippen LogP contribution < -0.4 is 0 Å². The summed E-state index contributed by atoms with van der Waals surface area (Å²) in [5, 5.41) is 8.70. The lowest BCUT2D eigenvalue weighted by atomic mass is 10.3. The third-order valence-corrected chi connectivity index (χ3v) is 1.23. The number of nitrogens with zero attached hydrogens (tertiary/aromatic N) is 2. The average Bonchev–Trinajstić information content (AvgIpc) is 2.06. The van der Waals surface area contributed by atoms with Gasteiger partial charge in [0.25, 0.3) is 0 Å². The van der Waals surface area contributed by atoms with E-state index in [4.69, 9.17) is 9.84 Å². The molecule has 0 aliphatic heterocycles. The van der Waals surface area contributed by atoms with Crippen LogP contribution in [0.4, 0.5) is 0 Å². The number of ether oxygens (including phenoxy) is 1. The van der Waals surface area contributed by atoms with Crippen molar-refractivity contribution in [1.82, 2.24) is 9.97 Å². The minimum Gasteiger partial charge on any atom is -0.390 e. The first kappa shape index (κ1) is 8.10. The maximum Gasteiger partial charge on any atom is 0.116 e. The van der Waals surface area contributed by atoms with E-state index in [-0.39, 0.29) is 6.61 Å². The van der Waals surface area contributed by atoms with Crippen LogP contribution in [0, 0.1) is 0 Å². The Bertz CT molecular complexity index is 227. The predicted octanol–water partition coefficient (Wildman–Crippen LogP) is 0.115. The van der Waals surface area contributed by atoms with Crippen molar-refractivity contribution < 1.29 is 9.84 Å². The summed E-state index contributed by atoms with van der Waals surface area (Å²) in [6, 6.07) is 1.71. The maximum absolute atomic E-state index is 8.70. The van der Waals surface area contributed by atoms with E-state index >= 15 is 0 Å². The molecule has 1 aromatic heterocycles. The van der Waals surface area contributed by atoms with Crippen molar-refractivity contribution in [3.05, 3.63) is 23.8 Å². The van der Waals surface area contributed by atoms with Crippen molar-refractivity contribution in [2.45, 2.75) is 13.2 Å². The zero-order valence-electron chi connectivity index (χ0n) is 6.32. The molecule has 4 nitrogen and oxygen atoms in total. The Morgan fingerprint density at radius 1 is 1.45 bits per heavy atom. The molecule has 0 amide bonds. The molecule has 0 bridgehead atoms. The molecule has 0 atom stereocenters. The highest BCUT2D eigenvalue weighted by Crippen LogP contribution is 1.98. The summed E-state index contributed by atoms with van der Waals surface area (Å²) in [5.41, 5.74) is 1.40. The fourth-order valence-corrected chi connectivity index (χ4v) is 0.757. The lowest BCUT2D eigenvalue weighted by Gasteiger charge is -1.98. The van der Waals surface area contributed by atoms with Crippen molar-refractivity contribution in [3.8, 4) is 0 Å². The smallest absolute Gasteiger partial charge is 0.116 e. The van der Waals surface area contributed by atoms with Gasteiger partial charge in [-0.15, -0.1) is 0 Å². The van der Waals surface area contributed by atoms with Gasteiger partial charge in [0.2, 0.25) is 0 Å². The summed E-state index contributed by atoms with van der Waals surface area (Å²) >= 11 is 0. The topological polar surface area (TPSA) is 55.2 Å². The van der Waals surface area contributed by atoms with Gasteiger partial charge in [-0.2, -0.15) is 0 Å². The van der Waals surface area contributed by atoms with Crippen molar-refractivity contribution in [3.63, 3.8) is 0 Å². The largest absolute Gasteiger partial charge is 0.390 e. The van der Waals surface area contributed by atoms with Crippen LogP contribution in [0.15, 0.2) is 12.4 Å². The highest BCUT2D eigenvalue weighted by Gasteiger charge is 1.95. The van der Waals surface area contributed by atoms with Crippen molar-refractivity contribution in [2.75, 3.05) is 7.11 Å². The predicted molar refractivity (Wildman–Crippen MR) is 38.7 cm³/mol. The van der Waals surface area contributed by atoms with Gasteiger partial charge in [0.05, 0.1) is 24.6 Å². The minimum absolute atomic E-state index is 0.0563. The molecule has 11 heavy (non-hydrogen) atoms. The second kappa shape index (κ2) is 4.00. The second-order valence-electron chi connectivity index (χ2n) is 2.09. The van der Waals surface area contributed by atoms with E-state index in [0.29, 0.717) is 12.3 Å². The molecular weight excluding hydrogens is 144 g/mol. The van der Waals surface area contributed by atoms with Crippen LogP contribution in [0.25, 0.3) is 0 Å². The molecule has 0 aliphatic rings. The molecule has 1 N–H and O–H groups in total. The molecule has 4 heteroatoms. The normalized spacial score (nSPS) is 10.0. The highest BCUT2D eigenvalue weighted by molar-refractivity contribution is 5.05. The van der Waals surface area contributed by atoms with E-state index < -0.39 is 0 Å². The Morgan fingerprint density at radius 2 is 2.18 bits per heavy atom. The van der Waals surface area contributed by atoms with E-state index in [0.717, 1.165) is 5.69 Å². The maximum atomic E-state index is 8.70. The van der Waals surface area contributed by atoms with E-state index in [1.165, 1.54) is 6.33 Å². The lowest BCUT2D eigenvalue weighted by molar-refractivity contribution is 0.181. The van der Waals surface area contributed by atoms with E-state index in [2.05, 4.69) is 9.97 Å². The molecule has 0 saturated heterocycles. The fourth-order valence-electron chi connectivity index (χ4n) is 0.757. The number of rotatable bonds is 3. The first-order valence-corrected chi connectivity index (χ1v) is 3.26. The molecule has 1 heterocycles. The number of aliphatic hydroxyl groups excluding tert-OH is 1. The fraction of sp³-hybridized carbons (Fsp3) is 0.429. The molecule has 0 radical (unpaired) electrons. The molecule has 0 spiro atoms. The van der Waals surface area contributed by atoms with Gasteiger partial charge in [-0.1, -0.05) is 0 Å². The quantitative estimate of drug-likeness (QED) is 0.671. The molecule has 1 rings (SSSR count). The standard InChI is InChI=1S/C7H10N2O2/c1-11-4-7-2-6(3-10)8-5-9-7/h2,5,10H,3-4H2,1H3. The van der Waals surface area contributed by atoms with Crippen LogP contribution in [-0.2, 0) is 18.0 Å². The lowest BCUT2D eigenvalue weighted by Crippen LogP contribution is -1.96. The van der Waals surface area contributed by atoms with Crippen LogP contribution in [-0.4, -0.2) is 22.2 Å². The molecule has 0 saturated carbocycles. The number of methoxy groups -OCH3 is 1. The molecule has 0 aromatic carbocycles. The van der Waals surface area contributed by atoms with Crippen LogP contribution in [0.2, 0.25) is 0 Å². The van der Waals surface area contributed by atoms with Crippen LogP contribution in [0.1, 0.15) is 11.4 Å². The minimum atomic E-state index is -0.0563. The molecule has 1 aromatic rings. The molecule has 0 unspecified atom stereocenters. The van der Waals surface area contributed by atoms with Crippen LogP contribution in [0.5, 0.6) is 0 Å². The summed E-state index contributed by atoms with van der Waals surface area (Å²) < 4.78 is 4.86. The first-order valence-electron chi connectivity index (χ1n) is 3.26. The van der Waals surface area contributed by atoms with Gasteiger partial charge in [-0.3, -0.25) is 0 Å². The SMILES string of the molecule is COCc1cc(CO)ncn1. The van der Waals surface area contributed by atoms with Gasteiger partial charge in [0, 0.05) is 7.11 Å². The summed E-state index contributed by atoms with van der Waals surface area (Å²) in [7, 11) is 1.60. The number of aromatic nitrogens is 2. The van der Waals surface area contributed by atoms with Crippen molar-refractivity contribution in [2.24, 2.45) is 0 Å². The van der Waals surface area contributed by atoms with Crippen LogP contribution in [0.3, 0.4) is 0 Å². The Labute approximate surface area is 64.9 Å². The Morgan fingerprint density at radius 3 is 2.82 bits per heavy atom. The van der Waals surface area contributed by atoms with Gasteiger partial charge in [-0.05, 0) is 6.07 Å². The Hall–Kier alpha value is -1.00. The average molecular weight is 154 g/mol.